The van der Waals surface area contributed by atoms with Crippen molar-refractivity contribution in [2.24, 2.45) is 5.92 Å². The molecule has 2 heterocycles. The molecule has 3 aliphatic rings. The van der Waals surface area contributed by atoms with Gasteiger partial charge in [0.15, 0.2) is 0 Å². The summed E-state index contributed by atoms with van der Waals surface area (Å²) >= 11 is 0. The number of carboxylic acid groups (broad SMARTS) is 1. The lowest BCUT2D eigenvalue weighted by atomic mass is 9.98. The highest BCUT2D eigenvalue weighted by molar-refractivity contribution is 5.81. The number of likely N-dealkylation sites (tertiary alicyclic amines) is 1. The number of carbonyl (C=O) groups is 3. The first-order valence-corrected chi connectivity index (χ1v) is 12.2. The van der Waals surface area contributed by atoms with Crippen molar-refractivity contribution in [3.8, 4) is 11.1 Å². The standard InChI is InChI=1S/C27H30N2O6/c30-25(31)13-18-6-5-11-29(18)26(32)17-12-19(34-15-17)14-28-27(33)35-16-24-22-9-3-1-7-20(22)21-8-2-4-10-23(21)24/h1-4,7-10,17-19,24H,5-6,11-16H2,(H,28,33)(H,30,31)/t17-,18+,19-/m0/s1. The Morgan fingerprint density at radius 1 is 1.06 bits per heavy atom. The molecule has 2 aromatic carbocycles. The lowest BCUT2D eigenvalue weighted by molar-refractivity contribution is -0.141. The Kier molecular flexibility index (Phi) is 6.72. The number of nitrogens with one attached hydrogen (secondary N) is 1. The molecule has 3 atom stereocenters. The molecule has 0 aromatic heterocycles. The first-order chi connectivity index (χ1) is 17.0. The summed E-state index contributed by atoms with van der Waals surface area (Å²) in [5, 5.41) is 11.9. The topological polar surface area (TPSA) is 105 Å². The number of hydrogen-bond donors (Lipinski definition) is 2. The maximum absolute atomic E-state index is 12.9. The van der Waals surface area contributed by atoms with Gasteiger partial charge in [0.05, 0.1) is 25.0 Å². The number of benzene rings is 2. The quantitative estimate of drug-likeness (QED) is 0.632. The van der Waals surface area contributed by atoms with Gasteiger partial charge in [-0.1, -0.05) is 48.5 Å². The summed E-state index contributed by atoms with van der Waals surface area (Å²) < 4.78 is 11.3. The number of fused-ring (bicyclic) bond motifs is 3. The van der Waals surface area contributed by atoms with E-state index in [9.17, 15) is 14.4 Å². The van der Waals surface area contributed by atoms with Crippen molar-refractivity contribution in [3.63, 3.8) is 0 Å². The predicted molar refractivity (Wildman–Crippen MR) is 128 cm³/mol. The Hall–Kier alpha value is -3.39. The zero-order chi connectivity index (χ0) is 24.4. The van der Waals surface area contributed by atoms with Crippen molar-refractivity contribution in [2.45, 2.75) is 43.7 Å². The van der Waals surface area contributed by atoms with Gasteiger partial charge in [0.1, 0.15) is 6.61 Å². The van der Waals surface area contributed by atoms with Crippen LogP contribution in [0.4, 0.5) is 4.79 Å². The van der Waals surface area contributed by atoms with Crippen molar-refractivity contribution in [2.75, 3.05) is 26.3 Å². The summed E-state index contributed by atoms with van der Waals surface area (Å²) in [7, 11) is 0. The second kappa shape index (κ2) is 10.1. The maximum atomic E-state index is 12.9. The van der Waals surface area contributed by atoms with Gasteiger partial charge in [-0.15, -0.1) is 0 Å². The third kappa shape index (κ3) is 4.89. The number of hydrogen-bond acceptors (Lipinski definition) is 5. The molecule has 2 saturated heterocycles. The van der Waals surface area contributed by atoms with Crippen molar-refractivity contribution in [1.82, 2.24) is 10.2 Å². The molecule has 2 amide bonds. The number of carboxylic acids is 1. The fourth-order valence-electron chi connectivity index (χ4n) is 5.64. The van der Waals surface area contributed by atoms with Crippen molar-refractivity contribution < 1.29 is 29.0 Å². The molecule has 1 aliphatic carbocycles. The molecule has 5 rings (SSSR count). The van der Waals surface area contributed by atoms with Crippen LogP contribution in [0.1, 0.15) is 42.7 Å². The van der Waals surface area contributed by atoms with Crippen LogP contribution in [0, 0.1) is 5.92 Å². The number of carbonyl (C=O) groups excluding carboxylic acids is 2. The number of alkyl carbamates (subject to hydrolysis) is 1. The van der Waals surface area contributed by atoms with Gasteiger partial charge in [-0.2, -0.15) is 0 Å². The van der Waals surface area contributed by atoms with E-state index < -0.39 is 12.1 Å². The Morgan fingerprint density at radius 2 is 1.74 bits per heavy atom. The van der Waals surface area contributed by atoms with Crippen molar-refractivity contribution in [1.29, 1.82) is 0 Å². The number of nitrogens with zero attached hydrogens (tertiary/aromatic N) is 1. The average Bonchev–Trinajstić information content (AvgIpc) is 3.59. The first kappa shape index (κ1) is 23.4. The summed E-state index contributed by atoms with van der Waals surface area (Å²) in [4.78, 5) is 38.1. The average molecular weight is 479 g/mol. The molecule has 35 heavy (non-hydrogen) atoms. The molecule has 8 heteroatoms. The largest absolute Gasteiger partial charge is 0.481 e. The summed E-state index contributed by atoms with van der Waals surface area (Å²) in [5.41, 5.74) is 4.67. The van der Waals surface area contributed by atoms with E-state index in [1.54, 1.807) is 4.90 Å². The fraction of sp³-hybridized carbons (Fsp3) is 0.444. The highest BCUT2D eigenvalue weighted by Crippen LogP contribution is 2.44. The van der Waals surface area contributed by atoms with Crippen LogP contribution in [0.2, 0.25) is 0 Å². The summed E-state index contributed by atoms with van der Waals surface area (Å²) in [5.74, 6) is -1.24. The molecule has 0 bridgehead atoms. The fourth-order valence-corrected chi connectivity index (χ4v) is 5.64. The zero-order valence-corrected chi connectivity index (χ0v) is 19.5. The molecule has 8 nitrogen and oxygen atoms in total. The van der Waals surface area contributed by atoms with Gasteiger partial charge in [0.25, 0.3) is 0 Å². The van der Waals surface area contributed by atoms with E-state index >= 15 is 0 Å². The second-order valence-corrected chi connectivity index (χ2v) is 9.52. The highest BCUT2D eigenvalue weighted by atomic mass is 16.5. The van der Waals surface area contributed by atoms with Gasteiger partial charge in [-0.25, -0.2) is 4.79 Å². The van der Waals surface area contributed by atoms with Crippen molar-refractivity contribution >= 4 is 18.0 Å². The van der Waals surface area contributed by atoms with Crippen LogP contribution in [0.25, 0.3) is 11.1 Å². The number of amides is 2. The normalized spacial score (nSPS) is 23.1. The molecule has 2 aliphatic heterocycles. The highest BCUT2D eigenvalue weighted by Gasteiger charge is 2.38. The minimum absolute atomic E-state index is 0.00269. The van der Waals surface area contributed by atoms with Gasteiger partial charge < -0.3 is 24.8 Å². The van der Waals surface area contributed by atoms with E-state index in [0.29, 0.717) is 13.0 Å². The third-order valence-electron chi connectivity index (χ3n) is 7.32. The van der Waals surface area contributed by atoms with Gasteiger partial charge in [-0.05, 0) is 41.5 Å². The van der Waals surface area contributed by atoms with Crippen LogP contribution in [0.3, 0.4) is 0 Å². The minimum Gasteiger partial charge on any atom is -0.481 e. The lowest BCUT2D eigenvalue weighted by Crippen LogP contribution is -2.41. The molecule has 184 valence electrons. The van der Waals surface area contributed by atoms with Crippen LogP contribution in [0.15, 0.2) is 48.5 Å². The SMILES string of the molecule is O=C(O)C[C@H]1CCCN1C(=O)[C@@H]1CO[C@H](CNC(=O)OCC2c3ccccc3-c3ccccc32)C1. The summed E-state index contributed by atoms with van der Waals surface area (Å²) in [6.45, 7) is 1.38. The Morgan fingerprint density at radius 3 is 2.43 bits per heavy atom. The number of ether oxygens (including phenoxy) is 2. The molecule has 0 radical (unpaired) electrons. The Bertz CT molecular complexity index is 1070. The van der Waals surface area contributed by atoms with E-state index in [1.807, 2.05) is 24.3 Å². The van der Waals surface area contributed by atoms with Gasteiger partial charge in [0, 0.05) is 25.0 Å². The van der Waals surface area contributed by atoms with E-state index in [2.05, 4.69) is 29.6 Å². The maximum Gasteiger partial charge on any atom is 0.407 e. The smallest absolute Gasteiger partial charge is 0.407 e. The van der Waals surface area contributed by atoms with Crippen LogP contribution in [-0.2, 0) is 19.1 Å². The zero-order valence-electron chi connectivity index (χ0n) is 19.5. The first-order valence-electron chi connectivity index (χ1n) is 12.2. The minimum atomic E-state index is -0.887. The molecule has 2 aromatic rings. The molecule has 2 fully saturated rings. The van der Waals surface area contributed by atoms with Crippen LogP contribution < -0.4 is 5.32 Å². The number of aliphatic carboxylic acids is 1. The van der Waals surface area contributed by atoms with E-state index in [4.69, 9.17) is 14.6 Å². The van der Waals surface area contributed by atoms with Crippen LogP contribution in [0.5, 0.6) is 0 Å². The molecular weight excluding hydrogens is 448 g/mol. The van der Waals surface area contributed by atoms with Gasteiger partial charge in [-0.3, -0.25) is 9.59 Å². The van der Waals surface area contributed by atoms with Crippen LogP contribution in [-0.4, -0.2) is 66.4 Å². The van der Waals surface area contributed by atoms with Gasteiger partial charge >= 0.3 is 12.1 Å². The molecule has 0 unspecified atom stereocenters. The lowest BCUT2D eigenvalue weighted by Gasteiger charge is -2.26. The second-order valence-electron chi connectivity index (χ2n) is 9.52. The molecular formula is C27H30N2O6. The number of rotatable bonds is 7. The molecule has 0 saturated carbocycles. The van der Waals surface area contributed by atoms with E-state index in [0.717, 1.165) is 24.0 Å². The van der Waals surface area contributed by atoms with Gasteiger partial charge in [0.2, 0.25) is 5.91 Å². The summed E-state index contributed by atoms with van der Waals surface area (Å²) in [6, 6.07) is 16.1. The monoisotopic (exact) mass is 478 g/mol. The van der Waals surface area contributed by atoms with E-state index in [-0.39, 0.29) is 56.1 Å². The Balaban J connectivity index is 1.10. The van der Waals surface area contributed by atoms with Crippen LogP contribution >= 0.6 is 0 Å². The van der Waals surface area contributed by atoms with Crippen molar-refractivity contribution in [3.05, 3.63) is 59.7 Å². The molecule has 0 spiro atoms. The predicted octanol–water partition coefficient (Wildman–Crippen LogP) is 3.40. The van der Waals surface area contributed by atoms with E-state index in [1.165, 1.54) is 11.1 Å². The Labute approximate surface area is 204 Å². The summed E-state index contributed by atoms with van der Waals surface area (Å²) in [6.07, 6.45) is 1.24. The third-order valence-corrected chi connectivity index (χ3v) is 7.32. The molecule has 2 N–H and O–H groups in total.